The van der Waals surface area contributed by atoms with Crippen LogP contribution >= 0.6 is 614 Å². The molecule has 0 saturated carbocycles. The van der Waals surface area contributed by atoms with E-state index in [1.165, 1.54) is 45.3 Å². The maximum atomic E-state index is 8.78. The van der Waals surface area contributed by atoms with Crippen LogP contribution in [0.4, 0.5) is 0 Å². The Balaban J connectivity index is 4.11. The fraction of sp³-hybridized carbons (Fsp3) is 0. The summed E-state index contributed by atoms with van der Waals surface area (Å²) in [4.78, 5) is 8.78. The van der Waals surface area contributed by atoms with Crippen LogP contribution in [0.5, 0.6) is 0 Å². The van der Waals surface area contributed by atoms with Crippen LogP contribution in [-0.2, 0) is 0 Å². The van der Waals surface area contributed by atoms with Crippen LogP contribution in [0.2, 0.25) is 0 Å². The summed E-state index contributed by atoms with van der Waals surface area (Å²) in [5.41, 5.74) is 0. The molecule has 0 aliphatic carbocycles. The van der Waals surface area contributed by atoms with Gasteiger partial charge in [-0.1, -0.05) is 0 Å². The van der Waals surface area contributed by atoms with Gasteiger partial charge in [-0.05, 0) is 0 Å². The van der Waals surface area contributed by atoms with E-state index in [2.05, 4.69) is 17.3 Å². The van der Waals surface area contributed by atoms with Gasteiger partial charge in [-0.3, -0.25) is 0 Å². The third-order valence-electron chi connectivity index (χ3n) is 3.17. The van der Waals surface area contributed by atoms with Crippen molar-refractivity contribution in [1.29, 1.82) is 0 Å². The molecule has 0 radical (unpaired) electrons. The molecule has 0 aromatic heterocycles. The van der Waals surface area contributed by atoms with Gasteiger partial charge in [0.2, 0.25) is 0 Å². The Hall–Kier alpha value is 24.5. The molecule has 2 atom stereocenters. The van der Waals surface area contributed by atoms with Crippen molar-refractivity contribution in [2.75, 3.05) is 0 Å². The zero-order valence-electron chi connectivity index (χ0n) is 36.8. The molecule has 82 heteroatoms. The first-order valence-electron chi connectivity index (χ1n) is 16.3. The topological polar surface area (TPSA) is 20.2 Å². The van der Waals surface area contributed by atoms with E-state index in [0.29, 0.717) is 8.09 Å². The molecule has 0 aromatic carbocycles. The Morgan fingerprint density at radius 1 is 0.146 bits per heavy atom. The van der Waals surface area contributed by atoms with Gasteiger partial charge in [0.05, 0.1) is 8.09 Å². The second-order valence-electron chi connectivity index (χ2n) is 7.30. The molecule has 1 N–H and O–H groups in total. The summed E-state index contributed by atoms with van der Waals surface area (Å²) in [7, 11) is 130. The van der Waals surface area contributed by atoms with Crippen LogP contribution in [0.15, 0.2) is 0 Å². The first-order valence-corrected chi connectivity index (χ1v) is 145. The van der Waals surface area contributed by atoms with Crippen molar-refractivity contribution >= 4 is 614 Å². The van der Waals surface area contributed by atoms with Crippen LogP contribution < -0.4 is 0 Å². The summed E-state index contributed by atoms with van der Waals surface area (Å²) < 4.78 is 0. The Kier molecular flexibility index (Phi) is 134. The van der Waals surface area contributed by atoms with Gasteiger partial charge in [0.1, 0.15) is 0 Å². The monoisotopic (exact) mass is 2530 g/mol. The average molecular weight is 2530 g/mol. The molecule has 414 valence electrons. The van der Waals surface area contributed by atoms with Crippen molar-refractivity contribution in [1.82, 2.24) is 0 Å². The minimum absolute atomic E-state index is 0.118. The first-order chi connectivity index (χ1) is 40.8. The molecule has 0 aromatic rings. The van der Waals surface area contributed by atoms with E-state index in [1.807, 2.05) is 0 Å². The summed E-state index contributed by atoms with van der Waals surface area (Å²) in [6, 6.07) is 0. The number of rotatable bonds is 38. The summed E-state index contributed by atoms with van der Waals surface area (Å²) >= 11 is 0. The number of hydrogen-bond acceptors (Lipinski definition) is 0. The molecule has 0 aliphatic rings. The SMILES string of the molecule is OP=PP=PP=PP=PP=PP=PP=PP=PP=PP=PP=PP=PP=PP=PP=PP=PP=PP=PP=PP=PP=PP=PP=PP=PP=PP=PP=PP=PP=PP=PP=PP=PP=PP=PP=PP=PP=PP=PP=PP(#P)P. The first kappa shape index (κ1) is 107. The predicted octanol–water partition coefficient (Wildman–Crippen LogP) is 68.7. The third-order valence-corrected chi connectivity index (χ3v) is 255. The predicted molar refractivity (Wildman–Crippen MR) is 566 cm³/mol. The normalized spacial score (nSPS) is 15.7. The Morgan fingerprint density at radius 3 is 0.293 bits per heavy atom. The molecular formula is H3OP81. The van der Waals surface area contributed by atoms with E-state index >= 15 is 0 Å². The molecule has 0 rings (SSSR count). The van der Waals surface area contributed by atoms with Gasteiger partial charge in [-0.25, -0.2) is 0 Å². The van der Waals surface area contributed by atoms with E-state index in [1.54, 1.807) is 529 Å². The standard InChI is InChI=1S/H3OP81/c1-4-5-6-7-8-9-10-11-12-13-14-15-16-17-18-19-20-21-22-23-24-25-26-27-28-29-30-31-32-33-34-35-36-37-38-39-40-41-42-43-44-45-46-47-48-49-50-51-52-53-54-55-56-57-58-59-60-61-62-63-64-65-66-67-68-69-70-71-72-73-74-75-76-77-78-79-80-81-82(2)3/h1H,2H2. The summed E-state index contributed by atoms with van der Waals surface area (Å²) in [5, 5.41) is 0. The molecule has 2 unspecified atom stereocenters. The van der Waals surface area contributed by atoms with Gasteiger partial charge in [0.15, 0.2) is 0 Å². The quantitative estimate of drug-likeness (QED) is 0.0611. The molecule has 0 amide bonds. The fourth-order valence-corrected chi connectivity index (χ4v) is 337. The van der Waals surface area contributed by atoms with Gasteiger partial charge in [0.25, 0.3) is 0 Å². The molecule has 0 fully saturated rings. The number of hydrogen-bond donors (Lipinski definition) is 1. The second-order valence-corrected chi connectivity index (χ2v) is 195. The van der Waals surface area contributed by atoms with Crippen molar-refractivity contribution in [3.63, 3.8) is 0 Å². The van der Waals surface area contributed by atoms with Gasteiger partial charge in [-0.2, -0.15) is 0 Å². The van der Waals surface area contributed by atoms with Crippen LogP contribution in [-0.4, -0.2) is 4.89 Å². The van der Waals surface area contributed by atoms with Gasteiger partial charge < -0.3 is 4.89 Å². The van der Waals surface area contributed by atoms with E-state index < -0.39 is 0 Å². The summed E-state index contributed by atoms with van der Waals surface area (Å²) in [6.07, 6.45) is -0.118. The second kappa shape index (κ2) is 104. The van der Waals surface area contributed by atoms with Crippen molar-refractivity contribution in [2.24, 2.45) is 0 Å². The fourth-order valence-electron chi connectivity index (χ4n) is 1.40. The summed E-state index contributed by atoms with van der Waals surface area (Å²) in [6.45, 7) is 0. The molecule has 0 bridgehead atoms. The van der Waals surface area contributed by atoms with E-state index in [9.17, 15) is 0 Å². The van der Waals surface area contributed by atoms with Crippen molar-refractivity contribution in [3.05, 3.63) is 0 Å². The summed E-state index contributed by atoms with van der Waals surface area (Å²) in [5.74, 6) is 0. The maximum absolute atomic E-state index is 8.78. The third kappa shape index (κ3) is 105. The Morgan fingerprint density at radius 2 is 0.220 bits per heavy atom. The van der Waals surface area contributed by atoms with Gasteiger partial charge in [-0.15, -0.1) is 0 Å². The Labute approximate surface area is 608 Å². The zero-order valence-corrected chi connectivity index (χ0v) is 110. The van der Waals surface area contributed by atoms with Crippen molar-refractivity contribution in [2.45, 2.75) is 0 Å². The van der Waals surface area contributed by atoms with E-state index in [0.717, 1.165) is 7.56 Å². The molecule has 0 spiro atoms. The molecule has 82 heavy (non-hydrogen) atoms. The van der Waals surface area contributed by atoms with Crippen molar-refractivity contribution in [3.8, 4) is 0 Å². The molecule has 0 saturated heterocycles. The van der Waals surface area contributed by atoms with Crippen LogP contribution in [0, 0.1) is 0 Å². The molecule has 1 nitrogen and oxygen atoms in total. The van der Waals surface area contributed by atoms with Crippen LogP contribution in [0.1, 0.15) is 0 Å². The van der Waals surface area contributed by atoms with Gasteiger partial charge >= 0.3 is 107 Å². The van der Waals surface area contributed by atoms with Crippen LogP contribution in [0.25, 0.3) is 0 Å². The molecular weight excluding hydrogens is 2520 g/mol. The molecule has 0 heterocycles. The van der Waals surface area contributed by atoms with Crippen molar-refractivity contribution < 1.29 is 4.89 Å². The zero-order chi connectivity index (χ0) is 58.7. The Bertz CT molecular complexity index is 2990. The van der Waals surface area contributed by atoms with Crippen LogP contribution in [0.3, 0.4) is 0 Å². The van der Waals surface area contributed by atoms with E-state index in [4.69, 9.17) is 4.89 Å². The van der Waals surface area contributed by atoms with E-state index in [-0.39, 0.29) is 6.40 Å². The van der Waals surface area contributed by atoms with Gasteiger partial charge in [0, 0.05) is 499 Å². The molecule has 0 aliphatic heterocycles. The average Bonchev–Trinajstić information content (AvgIpc) is 3.47. The minimum atomic E-state index is -0.118.